The van der Waals surface area contributed by atoms with E-state index in [9.17, 15) is 9.59 Å². The van der Waals surface area contributed by atoms with Crippen LogP contribution in [-0.2, 0) is 4.79 Å². The average Bonchev–Trinajstić information content (AvgIpc) is 3.20. The van der Waals surface area contributed by atoms with E-state index in [1.807, 2.05) is 68.6 Å². The maximum Gasteiger partial charge on any atom is 0.226 e. The zero-order valence-electron chi connectivity index (χ0n) is 17.4. The summed E-state index contributed by atoms with van der Waals surface area (Å²) in [5.74, 6) is -0.326. The summed E-state index contributed by atoms with van der Waals surface area (Å²) in [6.45, 7) is 3.66. The largest absolute Gasteiger partial charge is 0.326 e. The van der Waals surface area contributed by atoms with E-state index in [1.54, 1.807) is 41.2 Å². The second kappa shape index (κ2) is 8.79. The van der Waals surface area contributed by atoms with Crippen molar-refractivity contribution < 1.29 is 9.59 Å². The zero-order valence-corrected chi connectivity index (χ0v) is 17.4. The third-order valence-electron chi connectivity index (χ3n) is 4.99. The number of hydrogen-bond donors (Lipinski definition) is 1. The molecule has 0 saturated carbocycles. The third kappa shape index (κ3) is 4.61. The van der Waals surface area contributed by atoms with Gasteiger partial charge in [-0.1, -0.05) is 68.4 Å². The van der Waals surface area contributed by atoms with Gasteiger partial charge in [-0.05, 0) is 29.8 Å². The molecule has 0 spiro atoms. The van der Waals surface area contributed by atoms with E-state index in [2.05, 4.69) is 10.4 Å². The van der Waals surface area contributed by atoms with Crippen molar-refractivity contribution in [1.82, 2.24) is 9.78 Å². The standard InChI is InChI=1S/C26H23N3O2/c1-18(2)26(31)28-23-10-6-9-20(15-23)25(30)21-11-12-22-17-27-29(24(22)16-21)14-13-19-7-4-3-5-8-19/h3-18H,1-2H3,(H,28,31). The highest BCUT2D eigenvalue weighted by Gasteiger charge is 2.13. The minimum Gasteiger partial charge on any atom is -0.326 e. The molecule has 0 aliphatic rings. The Morgan fingerprint density at radius 1 is 0.935 bits per heavy atom. The molecule has 0 aliphatic carbocycles. The highest BCUT2D eigenvalue weighted by Crippen LogP contribution is 2.21. The fraction of sp³-hybridized carbons (Fsp3) is 0.115. The molecule has 0 atom stereocenters. The Morgan fingerprint density at radius 2 is 1.71 bits per heavy atom. The lowest BCUT2D eigenvalue weighted by molar-refractivity contribution is -0.118. The van der Waals surface area contributed by atoms with Gasteiger partial charge in [-0.2, -0.15) is 5.10 Å². The van der Waals surface area contributed by atoms with Gasteiger partial charge in [-0.3, -0.25) is 9.59 Å². The molecule has 154 valence electrons. The molecule has 1 heterocycles. The summed E-state index contributed by atoms with van der Waals surface area (Å²) in [4.78, 5) is 25.1. The van der Waals surface area contributed by atoms with Crippen molar-refractivity contribution in [2.45, 2.75) is 13.8 Å². The minimum absolute atomic E-state index is 0.0832. The van der Waals surface area contributed by atoms with E-state index in [0.29, 0.717) is 16.8 Å². The van der Waals surface area contributed by atoms with Crippen molar-refractivity contribution in [3.05, 3.63) is 95.7 Å². The summed E-state index contributed by atoms with van der Waals surface area (Å²) < 4.78 is 1.76. The number of nitrogens with zero attached hydrogens (tertiary/aromatic N) is 2. The molecule has 4 aromatic rings. The summed E-state index contributed by atoms with van der Waals surface area (Å²) in [6, 6.07) is 22.5. The molecule has 1 amide bonds. The first-order valence-corrected chi connectivity index (χ1v) is 10.2. The molecule has 0 aliphatic heterocycles. The van der Waals surface area contributed by atoms with Crippen molar-refractivity contribution in [1.29, 1.82) is 0 Å². The van der Waals surface area contributed by atoms with Crippen LogP contribution in [0.3, 0.4) is 0 Å². The Hall–Kier alpha value is -3.99. The number of anilines is 1. The van der Waals surface area contributed by atoms with Crippen molar-refractivity contribution in [3.63, 3.8) is 0 Å². The second-order valence-electron chi connectivity index (χ2n) is 7.64. The van der Waals surface area contributed by atoms with Crippen LogP contribution in [0.25, 0.3) is 23.2 Å². The SMILES string of the molecule is CC(C)C(=O)Nc1cccc(C(=O)c2ccc3cnn(C=Cc4ccccc4)c3c2)c1. The zero-order chi connectivity index (χ0) is 21.8. The molecule has 5 nitrogen and oxygen atoms in total. The molecule has 1 N–H and O–H groups in total. The van der Waals surface area contributed by atoms with Crippen LogP contribution in [0.1, 0.15) is 35.3 Å². The minimum atomic E-state index is -0.133. The summed E-state index contributed by atoms with van der Waals surface area (Å²) >= 11 is 0. The lowest BCUT2D eigenvalue weighted by Gasteiger charge is -2.09. The number of rotatable bonds is 6. The van der Waals surface area contributed by atoms with E-state index in [4.69, 9.17) is 0 Å². The molecule has 1 aromatic heterocycles. The summed E-state index contributed by atoms with van der Waals surface area (Å²) in [6.07, 6.45) is 5.64. The van der Waals surface area contributed by atoms with Gasteiger partial charge in [-0.15, -0.1) is 0 Å². The van der Waals surface area contributed by atoms with E-state index in [0.717, 1.165) is 16.5 Å². The molecule has 31 heavy (non-hydrogen) atoms. The summed E-state index contributed by atoms with van der Waals surface area (Å²) in [7, 11) is 0. The van der Waals surface area contributed by atoms with Gasteiger partial charge in [0.15, 0.2) is 5.78 Å². The maximum atomic E-state index is 13.1. The molecule has 0 unspecified atom stereocenters. The van der Waals surface area contributed by atoms with Gasteiger partial charge in [0.2, 0.25) is 5.91 Å². The van der Waals surface area contributed by atoms with Crippen LogP contribution >= 0.6 is 0 Å². The fourth-order valence-corrected chi connectivity index (χ4v) is 3.21. The van der Waals surface area contributed by atoms with Gasteiger partial charge < -0.3 is 5.32 Å². The number of hydrogen-bond acceptors (Lipinski definition) is 3. The molecule has 0 saturated heterocycles. The molecule has 3 aromatic carbocycles. The topological polar surface area (TPSA) is 64.0 Å². The Kier molecular flexibility index (Phi) is 5.76. The summed E-state index contributed by atoms with van der Waals surface area (Å²) in [5, 5.41) is 8.21. The van der Waals surface area contributed by atoms with Crippen LogP contribution in [0, 0.1) is 5.92 Å². The highest BCUT2D eigenvalue weighted by atomic mass is 16.1. The van der Waals surface area contributed by atoms with E-state index in [-0.39, 0.29) is 17.6 Å². The van der Waals surface area contributed by atoms with Gasteiger partial charge >= 0.3 is 0 Å². The lowest BCUT2D eigenvalue weighted by Crippen LogP contribution is -2.18. The van der Waals surface area contributed by atoms with Crippen LogP contribution in [0.15, 0.2) is 79.0 Å². The Labute approximate surface area is 181 Å². The predicted molar refractivity (Wildman–Crippen MR) is 125 cm³/mol. The van der Waals surface area contributed by atoms with Crippen molar-refractivity contribution in [3.8, 4) is 0 Å². The number of carbonyl (C=O) groups excluding carboxylic acids is 2. The summed E-state index contributed by atoms with van der Waals surface area (Å²) in [5.41, 5.74) is 3.61. The highest BCUT2D eigenvalue weighted by molar-refractivity contribution is 6.11. The molecular weight excluding hydrogens is 386 g/mol. The number of fused-ring (bicyclic) bond motifs is 1. The number of nitrogens with one attached hydrogen (secondary N) is 1. The van der Waals surface area contributed by atoms with Crippen LogP contribution in [0.5, 0.6) is 0 Å². The first-order chi connectivity index (χ1) is 15.0. The lowest BCUT2D eigenvalue weighted by atomic mass is 10.0. The van der Waals surface area contributed by atoms with E-state index >= 15 is 0 Å². The fourth-order valence-electron chi connectivity index (χ4n) is 3.21. The van der Waals surface area contributed by atoms with Gasteiger partial charge in [0.05, 0.1) is 11.7 Å². The van der Waals surface area contributed by atoms with Crippen LogP contribution in [-0.4, -0.2) is 21.5 Å². The van der Waals surface area contributed by atoms with Gasteiger partial charge in [0, 0.05) is 34.3 Å². The Bertz CT molecular complexity index is 1270. The number of benzene rings is 3. The number of ketones is 1. The Balaban J connectivity index is 1.62. The monoisotopic (exact) mass is 409 g/mol. The van der Waals surface area contributed by atoms with Crippen LogP contribution < -0.4 is 5.32 Å². The molecule has 0 fully saturated rings. The smallest absolute Gasteiger partial charge is 0.226 e. The van der Waals surface area contributed by atoms with Crippen molar-refractivity contribution >= 4 is 40.6 Å². The molecule has 4 rings (SSSR count). The Morgan fingerprint density at radius 3 is 2.48 bits per heavy atom. The molecule has 0 radical (unpaired) electrons. The van der Waals surface area contributed by atoms with Crippen molar-refractivity contribution in [2.75, 3.05) is 5.32 Å². The average molecular weight is 409 g/mol. The van der Waals surface area contributed by atoms with Gasteiger partial charge in [-0.25, -0.2) is 4.68 Å². The number of carbonyl (C=O) groups is 2. The van der Waals surface area contributed by atoms with E-state index < -0.39 is 0 Å². The van der Waals surface area contributed by atoms with Gasteiger partial charge in [0.25, 0.3) is 0 Å². The first-order valence-electron chi connectivity index (χ1n) is 10.2. The van der Waals surface area contributed by atoms with Crippen molar-refractivity contribution in [2.24, 2.45) is 5.92 Å². The number of amides is 1. The molecule has 0 bridgehead atoms. The quantitative estimate of drug-likeness (QED) is 0.428. The predicted octanol–water partition coefficient (Wildman–Crippen LogP) is 5.49. The van der Waals surface area contributed by atoms with Crippen LogP contribution in [0.2, 0.25) is 0 Å². The van der Waals surface area contributed by atoms with Crippen LogP contribution in [0.4, 0.5) is 5.69 Å². The maximum absolute atomic E-state index is 13.1. The first kappa shape index (κ1) is 20.3. The van der Waals surface area contributed by atoms with E-state index in [1.165, 1.54) is 0 Å². The normalized spacial score (nSPS) is 11.3. The second-order valence-corrected chi connectivity index (χ2v) is 7.64. The number of aromatic nitrogens is 2. The molecular formula is C26H23N3O2. The van der Waals surface area contributed by atoms with Gasteiger partial charge in [0.1, 0.15) is 0 Å². The third-order valence-corrected chi connectivity index (χ3v) is 4.99. The molecule has 5 heteroatoms.